The first-order chi connectivity index (χ1) is 30.2. The predicted molar refractivity (Wildman–Crippen MR) is 252 cm³/mol. The van der Waals surface area contributed by atoms with Crippen molar-refractivity contribution in [3.63, 3.8) is 0 Å². The molecule has 0 radical (unpaired) electrons. The Labute approximate surface area is 377 Å². The SMILES string of the molecule is CCCCCC/C=C/CC/C=C/CCCC(O)C(O)C(COC1OC(CO)C(O)C(O)C1O)NC(=O)C(O)CCCCCCCC/C=C\CCCCCCCCCCCCCC. The molecule has 0 aromatic rings. The van der Waals surface area contributed by atoms with Gasteiger partial charge in [0.15, 0.2) is 6.29 Å². The van der Waals surface area contributed by atoms with E-state index in [2.05, 4.69) is 55.6 Å². The summed E-state index contributed by atoms with van der Waals surface area (Å²) in [6.45, 7) is 3.40. The van der Waals surface area contributed by atoms with E-state index in [-0.39, 0.29) is 12.8 Å². The van der Waals surface area contributed by atoms with Crippen molar-refractivity contribution in [3.8, 4) is 0 Å². The van der Waals surface area contributed by atoms with E-state index in [0.717, 1.165) is 57.8 Å². The number of amides is 1. The Morgan fingerprint density at radius 3 is 1.45 bits per heavy atom. The highest BCUT2D eigenvalue weighted by Crippen LogP contribution is 2.23. The Balaban J connectivity index is 2.39. The molecule has 0 aromatic heterocycles. The first-order valence-electron chi connectivity index (χ1n) is 25.4. The number of carbonyl (C=O) groups is 1. The number of carbonyl (C=O) groups excluding carboxylic acids is 1. The molecule has 364 valence electrons. The molecule has 0 aromatic carbocycles. The zero-order valence-corrected chi connectivity index (χ0v) is 39.4. The monoisotopic (exact) mass is 882 g/mol. The second kappa shape index (κ2) is 40.8. The molecular weight excluding hydrogens is 787 g/mol. The number of rotatable bonds is 42. The molecule has 1 aliphatic heterocycles. The van der Waals surface area contributed by atoms with Gasteiger partial charge in [-0.1, -0.05) is 172 Å². The molecule has 1 fully saturated rings. The number of unbranched alkanes of at least 4 members (excludes halogenated alkanes) is 24. The summed E-state index contributed by atoms with van der Waals surface area (Å²) >= 11 is 0. The molecule has 11 nitrogen and oxygen atoms in total. The predicted octanol–water partition coefficient (Wildman–Crippen LogP) is 9.17. The van der Waals surface area contributed by atoms with Crippen molar-refractivity contribution in [3.05, 3.63) is 36.5 Å². The maximum absolute atomic E-state index is 13.1. The molecule has 9 unspecified atom stereocenters. The fourth-order valence-electron chi connectivity index (χ4n) is 7.92. The number of ether oxygens (including phenoxy) is 2. The van der Waals surface area contributed by atoms with Crippen LogP contribution in [0.2, 0.25) is 0 Å². The molecule has 11 heteroatoms. The van der Waals surface area contributed by atoms with Crippen molar-refractivity contribution in [2.75, 3.05) is 13.2 Å². The quantitative estimate of drug-likeness (QED) is 0.0217. The second-order valence-electron chi connectivity index (χ2n) is 17.9. The normalized spacial score (nSPS) is 21.6. The summed E-state index contributed by atoms with van der Waals surface area (Å²) in [5.41, 5.74) is 0. The number of aliphatic hydroxyl groups is 7. The standard InChI is InChI=1S/C51H95NO10/c1-3-5-7-9-11-13-15-17-18-19-20-21-22-23-24-25-27-29-31-33-35-37-39-44(55)50(60)52-42(41-61-51-49(59)48(58)47(57)45(40-53)62-51)46(56)43(54)38-36-34-32-30-28-26-16-14-12-10-8-6-4-2/h14,16,23-24,30,32,42-49,51,53-59H,3-13,15,17-22,25-29,31,33-41H2,1-2H3,(H,52,60)/b16-14+,24-23-,32-30+. The van der Waals surface area contributed by atoms with Gasteiger partial charge in [-0.2, -0.15) is 0 Å². The number of aliphatic hydroxyl groups excluding tert-OH is 7. The van der Waals surface area contributed by atoms with E-state index in [4.69, 9.17) is 9.47 Å². The van der Waals surface area contributed by atoms with Crippen molar-refractivity contribution >= 4 is 5.91 Å². The van der Waals surface area contributed by atoms with Crippen molar-refractivity contribution in [1.82, 2.24) is 5.32 Å². The summed E-state index contributed by atoms with van der Waals surface area (Å²) < 4.78 is 11.1. The third kappa shape index (κ3) is 29.7. The van der Waals surface area contributed by atoms with Crippen molar-refractivity contribution < 1.29 is 50.0 Å². The molecular formula is C51H95NO10. The molecule has 1 heterocycles. The van der Waals surface area contributed by atoms with Crippen LogP contribution in [0.1, 0.15) is 213 Å². The van der Waals surface area contributed by atoms with Crippen LogP contribution in [0, 0.1) is 0 Å². The molecule has 0 spiro atoms. The summed E-state index contributed by atoms with van der Waals surface area (Å²) in [6.07, 6.45) is 36.3. The maximum atomic E-state index is 13.1. The Bertz CT molecular complexity index is 1100. The summed E-state index contributed by atoms with van der Waals surface area (Å²) in [5, 5.41) is 75.7. The van der Waals surface area contributed by atoms with Gasteiger partial charge in [-0.3, -0.25) is 4.79 Å². The second-order valence-corrected chi connectivity index (χ2v) is 17.9. The van der Waals surface area contributed by atoms with E-state index in [0.29, 0.717) is 19.3 Å². The lowest BCUT2D eigenvalue weighted by molar-refractivity contribution is -0.303. The molecule has 0 saturated carbocycles. The van der Waals surface area contributed by atoms with E-state index >= 15 is 0 Å². The van der Waals surface area contributed by atoms with Gasteiger partial charge < -0.3 is 50.5 Å². The van der Waals surface area contributed by atoms with Gasteiger partial charge in [-0.05, 0) is 77.0 Å². The first-order valence-corrected chi connectivity index (χ1v) is 25.4. The molecule has 9 atom stereocenters. The number of nitrogens with one attached hydrogen (secondary N) is 1. The summed E-state index contributed by atoms with van der Waals surface area (Å²) in [5.74, 6) is -0.716. The summed E-state index contributed by atoms with van der Waals surface area (Å²) in [4.78, 5) is 13.1. The lowest BCUT2D eigenvalue weighted by atomic mass is 9.98. The van der Waals surface area contributed by atoms with Crippen molar-refractivity contribution in [2.24, 2.45) is 0 Å². The highest BCUT2D eigenvalue weighted by molar-refractivity contribution is 5.80. The van der Waals surface area contributed by atoms with E-state index in [1.54, 1.807) is 0 Å². The Morgan fingerprint density at radius 1 is 0.548 bits per heavy atom. The van der Waals surface area contributed by atoms with Gasteiger partial charge in [0.1, 0.15) is 36.6 Å². The molecule has 0 bridgehead atoms. The minimum absolute atomic E-state index is 0.244. The van der Waals surface area contributed by atoms with Gasteiger partial charge in [0.2, 0.25) is 5.91 Å². The largest absolute Gasteiger partial charge is 0.394 e. The van der Waals surface area contributed by atoms with Gasteiger partial charge in [0.25, 0.3) is 0 Å². The smallest absolute Gasteiger partial charge is 0.249 e. The van der Waals surface area contributed by atoms with E-state index in [1.807, 2.05) is 0 Å². The number of allylic oxidation sites excluding steroid dienone is 6. The van der Waals surface area contributed by atoms with Gasteiger partial charge in [0.05, 0.1) is 25.4 Å². The third-order valence-electron chi connectivity index (χ3n) is 12.1. The van der Waals surface area contributed by atoms with Crippen LogP contribution in [0.4, 0.5) is 0 Å². The average Bonchev–Trinajstić information content (AvgIpc) is 3.27. The van der Waals surface area contributed by atoms with Crippen LogP contribution >= 0.6 is 0 Å². The van der Waals surface area contributed by atoms with Gasteiger partial charge in [-0.25, -0.2) is 0 Å². The van der Waals surface area contributed by atoms with E-state index < -0.39 is 74.2 Å². The van der Waals surface area contributed by atoms with Crippen LogP contribution in [0.25, 0.3) is 0 Å². The lowest BCUT2D eigenvalue weighted by Crippen LogP contribution is -2.60. The molecule has 1 amide bonds. The molecule has 62 heavy (non-hydrogen) atoms. The Kier molecular flexibility index (Phi) is 38.4. The van der Waals surface area contributed by atoms with Crippen LogP contribution in [-0.2, 0) is 14.3 Å². The molecule has 8 N–H and O–H groups in total. The summed E-state index contributed by atoms with van der Waals surface area (Å²) in [6, 6.07) is -1.19. The molecule has 1 aliphatic rings. The topological polar surface area (TPSA) is 189 Å². The molecule has 0 aliphatic carbocycles. The zero-order valence-electron chi connectivity index (χ0n) is 39.4. The van der Waals surface area contributed by atoms with Crippen molar-refractivity contribution in [2.45, 2.75) is 268 Å². The highest BCUT2D eigenvalue weighted by Gasteiger charge is 2.44. The fourth-order valence-corrected chi connectivity index (χ4v) is 7.92. The lowest BCUT2D eigenvalue weighted by Gasteiger charge is -2.40. The van der Waals surface area contributed by atoms with E-state index in [1.165, 1.54) is 109 Å². The van der Waals surface area contributed by atoms with Gasteiger partial charge >= 0.3 is 0 Å². The van der Waals surface area contributed by atoms with E-state index in [9.17, 15) is 40.5 Å². The highest BCUT2D eigenvalue weighted by atomic mass is 16.7. The number of hydrogen-bond acceptors (Lipinski definition) is 10. The van der Waals surface area contributed by atoms with Crippen LogP contribution < -0.4 is 5.32 Å². The number of hydrogen-bond donors (Lipinski definition) is 8. The van der Waals surface area contributed by atoms with Crippen LogP contribution in [0.15, 0.2) is 36.5 Å². The first kappa shape index (κ1) is 58.3. The fraction of sp³-hybridized carbons (Fsp3) is 0.863. The Morgan fingerprint density at radius 2 is 0.968 bits per heavy atom. The minimum Gasteiger partial charge on any atom is -0.394 e. The zero-order chi connectivity index (χ0) is 45.5. The molecule has 1 rings (SSSR count). The van der Waals surface area contributed by atoms with Crippen molar-refractivity contribution in [1.29, 1.82) is 0 Å². The molecule has 1 saturated heterocycles. The minimum atomic E-state index is -1.67. The van der Waals surface area contributed by atoms with Crippen LogP contribution in [-0.4, -0.2) is 110 Å². The maximum Gasteiger partial charge on any atom is 0.249 e. The average molecular weight is 882 g/mol. The van der Waals surface area contributed by atoms with Gasteiger partial charge in [-0.15, -0.1) is 0 Å². The Hall–Kier alpha value is -1.67. The van der Waals surface area contributed by atoms with Gasteiger partial charge in [0, 0.05) is 0 Å². The van der Waals surface area contributed by atoms with Crippen LogP contribution in [0.3, 0.4) is 0 Å². The van der Waals surface area contributed by atoms with Crippen LogP contribution in [0.5, 0.6) is 0 Å². The third-order valence-corrected chi connectivity index (χ3v) is 12.1. The summed E-state index contributed by atoms with van der Waals surface area (Å²) in [7, 11) is 0.